The van der Waals surface area contributed by atoms with Gasteiger partial charge in [0, 0.05) is 18.5 Å². The summed E-state index contributed by atoms with van der Waals surface area (Å²) in [6.07, 6.45) is 1.66. The molecule has 1 aromatic carbocycles. The molecule has 1 aliphatic heterocycles. The van der Waals surface area contributed by atoms with E-state index in [1.165, 1.54) is 4.68 Å². The SMILES string of the molecule is CNC(=O)C1CC2CC2N1C(=O)Cn1nc(C(N)=O)c2ccccc21. The van der Waals surface area contributed by atoms with Crippen LogP contribution in [0, 0.1) is 5.92 Å². The van der Waals surface area contributed by atoms with Gasteiger partial charge in [0.05, 0.1) is 5.52 Å². The number of likely N-dealkylation sites (tertiary alicyclic amines) is 1. The maximum atomic E-state index is 12.9. The van der Waals surface area contributed by atoms with Crippen LogP contribution in [-0.4, -0.2) is 51.5 Å². The molecular formula is C17H19N5O3. The van der Waals surface area contributed by atoms with Crippen molar-refractivity contribution in [1.82, 2.24) is 20.0 Å². The minimum atomic E-state index is -0.630. The Bertz CT molecular complexity index is 890. The fraction of sp³-hybridized carbons (Fsp3) is 0.412. The number of para-hydroxylation sites is 1. The molecule has 1 saturated carbocycles. The molecule has 3 N–H and O–H groups in total. The van der Waals surface area contributed by atoms with E-state index >= 15 is 0 Å². The average Bonchev–Trinajstić information content (AvgIpc) is 3.11. The van der Waals surface area contributed by atoms with Crippen molar-refractivity contribution in [2.24, 2.45) is 11.7 Å². The van der Waals surface area contributed by atoms with E-state index in [1.54, 1.807) is 30.1 Å². The third-order valence-corrected chi connectivity index (χ3v) is 5.12. The number of nitrogens with two attached hydrogens (primary N) is 1. The molecule has 1 aromatic heterocycles. The van der Waals surface area contributed by atoms with Gasteiger partial charge < -0.3 is 16.0 Å². The smallest absolute Gasteiger partial charge is 0.269 e. The van der Waals surface area contributed by atoms with Crippen molar-refractivity contribution >= 4 is 28.6 Å². The molecular weight excluding hydrogens is 322 g/mol. The third kappa shape index (κ3) is 2.45. The van der Waals surface area contributed by atoms with Gasteiger partial charge in [-0.3, -0.25) is 19.1 Å². The van der Waals surface area contributed by atoms with Crippen molar-refractivity contribution < 1.29 is 14.4 Å². The molecule has 8 nitrogen and oxygen atoms in total. The molecule has 3 atom stereocenters. The summed E-state index contributed by atoms with van der Waals surface area (Å²) in [6.45, 7) is -0.0233. The number of nitrogens with zero attached hydrogens (tertiary/aromatic N) is 3. The quantitative estimate of drug-likeness (QED) is 0.807. The lowest BCUT2D eigenvalue weighted by Gasteiger charge is -2.26. The van der Waals surface area contributed by atoms with Crippen molar-refractivity contribution in [3.63, 3.8) is 0 Å². The number of aromatic nitrogens is 2. The van der Waals surface area contributed by atoms with E-state index < -0.39 is 11.9 Å². The van der Waals surface area contributed by atoms with Crippen LogP contribution in [0.2, 0.25) is 0 Å². The van der Waals surface area contributed by atoms with Crippen LogP contribution in [0.3, 0.4) is 0 Å². The molecule has 4 rings (SSSR count). The highest BCUT2D eigenvalue weighted by atomic mass is 16.2. The van der Waals surface area contributed by atoms with Gasteiger partial charge in [-0.2, -0.15) is 5.10 Å². The first-order valence-electron chi connectivity index (χ1n) is 8.29. The summed E-state index contributed by atoms with van der Waals surface area (Å²) in [4.78, 5) is 38.2. The summed E-state index contributed by atoms with van der Waals surface area (Å²) in [5.41, 5.74) is 6.22. The molecule has 0 bridgehead atoms. The van der Waals surface area contributed by atoms with E-state index in [0.29, 0.717) is 23.2 Å². The highest BCUT2D eigenvalue weighted by Crippen LogP contribution is 2.47. The largest absolute Gasteiger partial charge is 0.364 e. The van der Waals surface area contributed by atoms with Crippen LogP contribution in [0.25, 0.3) is 10.9 Å². The molecule has 3 unspecified atom stereocenters. The summed E-state index contributed by atoms with van der Waals surface area (Å²) >= 11 is 0. The van der Waals surface area contributed by atoms with Crippen molar-refractivity contribution in [2.75, 3.05) is 7.05 Å². The van der Waals surface area contributed by atoms with Crippen molar-refractivity contribution in [1.29, 1.82) is 0 Å². The third-order valence-electron chi connectivity index (χ3n) is 5.12. The zero-order valence-corrected chi connectivity index (χ0v) is 13.8. The fourth-order valence-electron chi connectivity index (χ4n) is 3.86. The van der Waals surface area contributed by atoms with E-state index in [4.69, 9.17) is 5.73 Å². The van der Waals surface area contributed by atoms with Crippen molar-refractivity contribution in [2.45, 2.75) is 31.5 Å². The number of piperidine rings is 1. The average molecular weight is 341 g/mol. The van der Waals surface area contributed by atoms with Gasteiger partial charge >= 0.3 is 0 Å². The van der Waals surface area contributed by atoms with Gasteiger partial charge in [-0.25, -0.2) is 0 Å². The Kier molecular flexibility index (Phi) is 3.48. The standard InChI is InChI=1S/C17H19N5O3/c1-19-17(25)13-7-9-6-12(9)22(13)14(23)8-21-11-5-3-2-4-10(11)15(20-21)16(18)24/h2-5,9,12-13H,6-8H2,1H3,(H2,18,24)(H,19,25). The first-order chi connectivity index (χ1) is 12.0. The van der Waals surface area contributed by atoms with Crippen molar-refractivity contribution in [3.8, 4) is 0 Å². The maximum Gasteiger partial charge on any atom is 0.269 e. The summed E-state index contributed by atoms with van der Waals surface area (Å²) in [6, 6.07) is 6.88. The molecule has 2 aromatic rings. The maximum absolute atomic E-state index is 12.9. The van der Waals surface area contributed by atoms with Gasteiger partial charge in [-0.1, -0.05) is 18.2 Å². The van der Waals surface area contributed by atoms with Crippen molar-refractivity contribution in [3.05, 3.63) is 30.0 Å². The van der Waals surface area contributed by atoms with Crippen LogP contribution in [-0.2, 0) is 16.1 Å². The van der Waals surface area contributed by atoms with E-state index in [9.17, 15) is 14.4 Å². The van der Waals surface area contributed by atoms with Gasteiger partial charge in [0.15, 0.2) is 5.69 Å². The van der Waals surface area contributed by atoms with Gasteiger partial charge in [-0.05, 0) is 24.8 Å². The van der Waals surface area contributed by atoms with Gasteiger partial charge in [0.25, 0.3) is 5.91 Å². The van der Waals surface area contributed by atoms with Gasteiger partial charge in [0.2, 0.25) is 11.8 Å². The van der Waals surface area contributed by atoms with Crippen LogP contribution < -0.4 is 11.1 Å². The number of carbonyl (C=O) groups excluding carboxylic acids is 3. The molecule has 1 aliphatic carbocycles. The number of rotatable bonds is 4. The summed E-state index contributed by atoms with van der Waals surface area (Å²) in [5, 5.41) is 7.47. The number of benzene rings is 1. The molecule has 8 heteroatoms. The monoisotopic (exact) mass is 341 g/mol. The first-order valence-corrected chi connectivity index (χ1v) is 8.29. The fourth-order valence-corrected chi connectivity index (χ4v) is 3.86. The first kappa shape index (κ1) is 15.6. The Morgan fingerprint density at radius 2 is 2.04 bits per heavy atom. The molecule has 25 heavy (non-hydrogen) atoms. The van der Waals surface area contributed by atoms with Crippen LogP contribution >= 0.6 is 0 Å². The molecule has 3 amide bonds. The van der Waals surface area contributed by atoms with E-state index in [2.05, 4.69) is 10.4 Å². The predicted molar refractivity (Wildman–Crippen MR) is 89.5 cm³/mol. The van der Waals surface area contributed by atoms with Gasteiger partial charge in [0.1, 0.15) is 12.6 Å². The lowest BCUT2D eigenvalue weighted by atomic mass is 10.1. The highest BCUT2D eigenvalue weighted by Gasteiger charge is 2.55. The summed E-state index contributed by atoms with van der Waals surface area (Å²) in [7, 11) is 1.58. The molecule has 2 aliphatic rings. The Morgan fingerprint density at radius 1 is 1.28 bits per heavy atom. The number of amides is 3. The Morgan fingerprint density at radius 3 is 2.76 bits per heavy atom. The number of likely N-dealkylation sites (N-methyl/N-ethyl adjacent to an activating group) is 1. The predicted octanol–water partition coefficient (Wildman–Crippen LogP) is -0.129. The zero-order valence-electron chi connectivity index (χ0n) is 13.8. The van der Waals surface area contributed by atoms with Crippen LogP contribution in [0.4, 0.5) is 0 Å². The van der Waals surface area contributed by atoms with Crippen LogP contribution in [0.1, 0.15) is 23.3 Å². The Labute approximate surface area is 143 Å². The summed E-state index contributed by atoms with van der Waals surface area (Å²) < 4.78 is 1.49. The van der Waals surface area contributed by atoms with Crippen LogP contribution in [0.15, 0.2) is 24.3 Å². The second kappa shape index (κ2) is 5.58. The molecule has 0 spiro atoms. The van der Waals surface area contributed by atoms with E-state index in [1.807, 2.05) is 6.07 Å². The summed E-state index contributed by atoms with van der Waals surface area (Å²) in [5.74, 6) is -0.512. The van der Waals surface area contributed by atoms with E-state index in [-0.39, 0.29) is 30.1 Å². The van der Waals surface area contributed by atoms with Gasteiger partial charge in [-0.15, -0.1) is 0 Å². The lowest BCUT2D eigenvalue weighted by molar-refractivity contribution is -0.140. The number of hydrogen-bond donors (Lipinski definition) is 2. The zero-order chi connectivity index (χ0) is 17.7. The molecule has 2 heterocycles. The highest BCUT2D eigenvalue weighted by molar-refractivity contribution is 6.04. The topological polar surface area (TPSA) is 110 Å². The lowest BCUT2D eigenvalue weighted by Crippen LogP contribution is -2.48. The Balaban J connectivity index is 1.64. The van der Waals surface area contributed by atoms with E-state index in [0.717, 1.165) is 6.42 Å². The number of nitrogens with one attached hydrogen (secondary N) is 1. The number of carbonyl (C=O) groups is 3. The molecule has 2 fully saturated rings. The number of fused-ring (bicyclic) bond motifs is 2. The van der Waals surface area contributed by atoms with Crippen LogP contribution in [0.5, 0.6) is 0 Å². The Hall–Kier alpha value is -2.90. The minimum absolute atomic E-state index is 0.0233. The number of hydrogen-bond acceptors (Lipinski definition) is 4. The minimum Gasteiger partial charge on any atom is -0.364 e. The molecule has 1 saturated heterocycles. The number of primary amides is 1. The second-order valence-corrected chi connectivity index (χ2v) is 6.62. The second-order valence-electron chi connectivity index (χ2n) is 6.62. The molecule has 0 radical (unpaired) electrons. The molecule has 130 valence electrons. The normalized spacial score (nSPS) is 24.2.